The minimum atomic E-state index is -0.468. The number of likely N-dealkylation sites (tertiary alicyclic amines) is 1. The van der Waals surface area contributed by atoms with Gasteiger partial charge in [-0.3, -0.25) is 10.2 Å². The van der Waals surface area contributed by atoms with Crippen LogP contribution in [0.2, 0.25) is 0 Å². The zero-order chi connectivity index (χ0) is 14.7. The highest BCUT2D eigenvalue weighted by Crippen LogP contribution is 2.15. The van der Waals surface area contributed by atoms with E-state index in [9.17, 15) is 4.79 Å². The number of aromatic nitrogens is 2. The summed E-state index contributed by atoms with van der Waals surface area (Å²) < 4.78 is 5.18. The van der Waals surface area contributed by atoms with E-state index < -0.39 is 6.09 Å². The number of carbonyl (C=O) groups excluding carboxylic acids is 1. The van der Waals surface area contributed by atoms with Crippen LogP contribution in [0, 0.1) is 6.92 Å². The lowest BCUT2D eigenvalue weighted by molar-refractivity contribution is 0.146. The van der Waals surface area contributed by atoms with Gasteiger partial charge >= 0.3 is 6.09 Å². The first-order valence-electron chi connectivity index (χ1n) is 7.33. The molecule has 1 aromatic heterocycles. The molecule has 2 aromatic rings. The first kappa shape index (κ1) is 13.9. The molecule has 6 nitrogen and oxygen atoms in total. The van der Waals surface area contributed by atoms with Crippen molar-refractivity contribution < 1.29 is 11.0 Å². The topological polar surface area (TPSA) is 70.2 Å². The summed E-state index contributed by atoms with van der Waals surface area (Å²) in [5, 5.41) is 2.63. The third-order valence-electron chi connectivity index (χ3n) is 3.70. The van der Waals surface area contributed by atoms with E-state index in [1.807, 2.05) is 25.1 Å². The quantitative estimate of drug-likeness (QED) is 0.908. The third kappa shape index (κ3) is 3.52. The third-order valence-corrected chi connectivity index (χ3v) is 3.70. The molecule has 0 unspecified atom stereocenters. The summed E-state index contributed by atoms with van der Waals surface area (Å²) in [7, 11) is 0. The van der Waals surface area contributed by atoms with Crippen molar-refractivity contribution in [2.24, 2.45) is 0 Å². The molecule has 0 aliphatic carbocycles. The number of ether oxygens (including phenoxy) is 1. The number of aromatic amines is 1. The molecule has 3 rings (SSSR count). The molecule has 2 heterocycles. The molecule has 1 aliphatic heterocycles. The molecule has 114 valence electrons. The highest BCUT2D eigenvalue weighted by molar-refractivity contribution is 5.86. The van der Waals surface area contributed by atoms with Crippen molar-refractivity contribution in [2.45, 2.75) is 19.8 Å². The lowest BCUT2D eigenvalue weighted by Gasteiger charge is -2.13. The smallest absolute Gasteiger partial charge is 0.414 e. The molecule has 0 spiro atoms. The van der Waals surface area contributed by atoms with Crippen LogP contribution in [0.5, 0.6) is 0 Å². The monoisotopic (exact) mass is 290 g/mol. The van der Waals surface area contributed by atoms with Crippen LogP contribution in [0.4, 0.5) is 10.7 Å². The standard InChI is InChI=1S/C15H20N4O2.H2/c1-11-4-5-12-13(10-11)17-14(16-12)18-15(20)21-9-8-19-6-2-3-7-19;/h4-5,10H,2-3,6-9H2,1H3,(H2,16,17,18,20);1H. The average Bonchev–Trinajstić information content (AvgIpc) is 3.07. The zero-order valence-electron chi connectivity index (χ0n) is 12.2. The number of hydrogen-bond acceptors (Lipinski definition) is 4. The highest BCUT2D eigenvalue weighted by atomic mass is 16.5. The van der Waals surface area contributed by atoms with Gasteiger partial charge in [-0.25, -0.2) is 9.78 Å². The Morgan fingerprint density at radius 1 is 1.48 bits per heavy atom. The van der Waals surface area contributed by atoms with Gasteiger partial charge in [0.2, 0.25) is 5.95 Å². The number of imidazole rings is 1. The molecule has 0 radical (unpaired) electrons. The van der Waals surface area contributed by atoms with Gasteiger partial charge in [0.05, 0.1) is 11.0 Å². The van der Waals surface area contributed by atoms with E-state index in [4.69, 9.17) is 4.74 Å². The van der Waals surface area contributed by atoms with Gasteiger partial charge in [-0.2, -0.15) is 0 Å². The molecule has 1 fully saturated rings. The van der Waals surface area contributed by atoms with Crippen molar-refractivity contribution >= 4 is 23.1 Å². The molecule has 21 heavy (non-hydrogen) atoms. The van der Waals surface area contributed by atoms with Crippen LogP contribution in [0.1, 0.15) is 19.8 Å². The second-order valence-electron chi connectivity index (χ2n) is 5.42. The summed E-state index contributed by atoms with van der Waals surface area (Å²) in [6.07, 6.45) is 2.01. The van der Waals surface area contributed by atoms with Crippen molar-refractivity contribution in [3.63, 3.8) is 0 Å². The van der Waals surface area contributed by atoms with Crippen molar-refractivity contribution in [1.82, 2.24) is 14.9 Å². The molecule has 1 saturated heterocycles. The van der Waals surface area contributed by atoms with Gasteiger partial charge < -0.3 is 9.72 Å². The second kappa shape index (κ2) is 6.13. The molecule has 2 N–H and O–H groups in total. The van der Waals surface area contributed by atoms with Crippen molar-refractivity contribution in [3.05, 3.63) is 23.8 Å². The number of fused-ring (bicyclic) bond motifs is 1. The first-order valence-corrected chi connectivity index (χ1v) is 7.33. The Morgan fingerprint density at radius 3 is 3.10 bits per heavy atom. The number of H-pyrrole nitrogens is 1. The van der Waals surface area contributed by atoms with Crippen LogP contribution >= 0.6 is 0 Å². The molecule has 6 heteroatoms. The first-order chi connectivity index (χ1) is 10.2. The predicted octanol–water partition coefficient (Wildman–Crippen LogP) is 2.76. The van der Waals surface area contributed by atoms with E-state index in [2.05, 4.69) is 20.2 Å². The van der Waals surface area contributed by atoms with E-state index in [-0.39, 0.29) is 1.43 Å². The van der Waals surface area contributed by atoms with Crippen molar-refractivity contribution in [3.8, 4) is 0 Å². The number of nitrogens with one attached hydrogen (secondary N) is 2. The zero-order valence-corrected chi connectivity index (χ0v) is 12.2. The maximum atomic E-state index is 11.7. The molecule has 1 aliphatic rings. The Morgan fingerprint density at radius 2 is 2.29 bits per heavy atom. The average molecular weight is 290 g/mol. The Hall–Kier alpha value is -2.08. The lowest BCUT2D eigenvalue weighted by atomic mass is 10.2. The van der Waals surface area contributed by atoms with Crippen LogP contribution < -0.4 is 5.32 Å². The van der Waals surface area contributed by atoms with Crippen molar-refractivity contribution in [2.75, 3.05) is 31.6 Å². The lowest BCUT2D eigenvalue weighted by Crippen LogP contribution is -2.26. The predicted molar refractivity (Wildman–Crippen MR) is 83.6 cm³/mol. The minimum absolute atomic E-state index is 0. The molecular formula is C15H22N4O2. The maximum absolute atomic E-state index is 11.7. The van der Waals surface area contributed by atoms with Crippen LogP contribution in [0.25, 0.3) is 11.0 Å². The molecule has 0 saturated carbocycles. The molecule has 1 aromatic carbocycles. The van der Waals surface area contributed by atoms with Crippen LogP contribution in [0.15, 0.2) is 18.2 Å². The summed E-state index contributed by atoms with van der Waals surface area (Å²) in [5.41, 5.74) is 2.88. The van der Waals surface area contributed by atoms with E-state index in [1.54, 1.807) is 0 Å². The van der Waals surface area contributed by atoms with Gasteiger partial charge in [-0.05, 0) is 50.6 Å². The summed E-state index contributed by atoms with van der Waals surface area (Å²) >= 11 is 0. The number of amides is 1. The molecule has 0 bridgehead atoms. The number of benzene rings is 1. The summed E-state index contributed by atoms with van der Waals surface area (Å²) in [5.74, 6) is 0.418. The van der Waals surface area contributed by atoms with Crippen LogP contribution in [-0.4, -0.2) is 47.2 Å². The van der Waals surface area contributed by atoms with E-state index in [0.29, 0.717) is 12.6 Å². The van der Waals surface area contributed by atoms with Gasteiger partial charge in [0.1, 0.15) is 6.61 Å². The molecule has 0 atom stereocenters. The fourth-order valence-corrected chi connectivity index (χ4v) is 2.59. The van der Waals surface area contributed by atoms with E-state index in [1.165, 1.54) is 12.8 Å². The SMILES string of the molecule is Cc1ccc2nc(NC(=O)OCCN3CCCC3)[nH]c2c1.[HH]. The van der Waals surface area contributed by atoms with Gasteiger partial charge in [0.25, 0.3) is 0 Å². The number of nitrogens with zero attached hydrogens (tertiary/aromatic N) is 2. The van der Waals surface area contributed by atoms with Gasteiger partial charge in [0, 0.05) is 7.97 Å². The van der Waals surface area contributed by atoms with Crippen molar-refractivity contribution in [1.29, 1.82) is 0 Å². The van der Waals surface area contributed by atoms with E-state index in [0.717, 1.165) is 36.2 Å². The highest BCUT2D eigenvalue weighted by Gasteiger charge is 2.12. The van der Waals surface area contributed by atoms with Crippen LogP contribution in [0.3, 0.4) is 0 Å². The van der Waals surface area contributed by atoms with E-state index >= 15 is 0 Å². The number of carbonyl (C=O) groups is 1. The Kier molecular flexibility index (Phi) is 4.06. The minimum Gasteiger partial charge on any atom is -0.448 e. The Balaban J connectivity index is 0.00000176. The van der Waals surface area contributed by atoms with Crippen LogP contribution in [-0.2, 0) is 4.74 Å². The maximum Gasteiger partial charge on any atom is 0.414 e. The Labute approximate surface area is 125 Å². The fourth-order valence-electron chi connectivity index (χ4n) is 2.59. The number of rotatable bonds is 4. The number of aryl methyl sites for hydroxylation is 1. The summed E-state index contributed by atoms with van der Waals surface area (Å²) in [6.45, 7) is 5.43. The second-order valence-corrected chi connectivity index (χ2v) is 5.42. The summed E-state index contributed by atoms with van der Waals surface area (Å²) in [6, 6.07) is 5.90. The summed E-state index contributed by atoms with van der Waals surface area (Å²) in [4.78, 5) is 21.4. The molecular weight excluding hydrogens is 268 g/mol. The Bertz CT molecular complexity index is 638. The molecule has 1 amide bonds. The van der Waals surface area contributed by atoms with Gasteiger partial charge in [0.15, 0.2) is 0 Å². The van der Waals surface area contributed by atoms with Gasteiger partial charge in [-0.1, -0.05) is 6.07 Å². The largest absolute Gasteiger partial charge is 0.448 e. The fraction of sp³-hybridized carbons (Fsp3) is 0.467. The normalized spacial score (nSPS) is 15.5. The number of anilines is 1. The van der Waals surface area contributed by atoms with Gasteiger partial charge in [-0.15, -0.1) is 0 Å². The number of hydrogen-bond donors (Lipinski definition) is 2.